The fourth-order valence-corrected chi connectivity index (χ4v) is 3.24. The first-order valence-electron chi connectivity index (χ1n) is 5.49. The quantitative estimate of drug-likeness (QED) is 0.863. The van der Waals surface area contributed by atoms with E-state index >= 15 is 0 Å². The minimum atomic E-state index is -3.06. The zero-order valence-corrected chi connectivity index (χ0v) is 10.6. The predicted octanol–water partition coefficient (Wildman–Crippen LogP) is 0.691. The van der Waals surface area contributed by atoms with Crippen LogP contribution in [0.5, 0.6) is 0 Å². The zero-order chi connectivity index (χ0) is 12.8. The number of hydrogen-bond donors (Lipinski definition) is 1. The first-order valence-corrected chi connectivity index (χ1v) is 7.20. The summed E-state index contributed by atoms with van der Waals surface area (Å²) in [5.74, 6) is 0.678. The lowest BCUT2D eigenvalue weighted by Gasteiger charge is -2.10. The van der Waals surface area contributed by atoms with Crippen molar-refractivity contribution in [3.8, 4) is 0 Å². The first kappa shape index (κ1) is 11.2. The Kier molecular flexibility index (Phi) is 2.37. The normalized spacial score (nSPS) is 21.5. The van der Waals surface area contributed by atoms with Crippen molar-refractivity contribution >= 4 is 26.7 Å². The summed E-state index contributed by atoms with van der Waals surface area (Å²) < 4.78 is 24.6. The van der Waals surface area contributed by atoms with Crippen molar-refractivity contribution in [2.75, 3.05) is 11.1 Å². The van der Waals surface area contributed by atoms with E-state index in [1.165, 1.54) is 5.41 Å². The van der Waals surface area contributed by atoms with Gasteiger partial charge in [0.15, 0.2) is 15.7 Å². The summed E-state index contributed by atoms with van der Waals surface area (Å²) in [5.41, 5.74) is 1.70. The molecule has 0 fully saturated rings. The number of hydrogen-bond acceptors (Lipinski definition) is 5. The maximum absolute atomic E-state index is 11.3. The average Bonchev–Trinajstić information content (AvgIpc) is 2.84. The number of aryl methyl sites for hydroxylation is 1. The highest BCUT2D eigenvalue weighted by atomic mass is 32.2. The molecule has 1 N–H and O–H groups in total. The molecule has 0 spiro atoms. The molecule has 0 aliphatic carbocycles. The number of imidazole rings is 1. The molecule has 0 saturated heterocycles. The van der Waals surface area contributed by atoms with Gasteiger partial charge in [0.05, 0.1) is 23.6 Å². The fourth-order valence-electron chi connectivity index (χ4n) is 2.01. The number of nitrogens with zero attached hydrogens (tertiary/aromatic N) is 3. The lowest BCUT2D eigenvalue weighted by Crippen LogP contribution is -2.21. The molecule has 0 amide bonds. The van der Waals surface area contributed by atoms with Gasteiger partial charge >= 0.3 is 0 Å². The van der Waals surface area contributed by atoms with Crippen LogP contribution in [0.15, 0.2) is 30.1 Å². The van der Waals surface area contributed by atoms with Gasteiger partial charge in [0.2, 0.25) is 0 Å². The van der Waals surface area contributed by atoms with Crippen molar-refractivity contribution in [3.05, 3.63) is 30.1 Å². The summed E-state index contributed by atoms with van der Waals surface area (Å²) in [6.45, 7) is 0. The van der Waals surface area contributed by atoms with Gasteiger partial charge in [-0.05, 0) is 12.1 Å². The van der Waals surface area contributed by atoms with E-state index in [1.807, 2.05) is 17.7 Å². The number of sulfone groups is 1. The molecule has 18 heavy (non-hydrogen) atoms. The molecule has 3 rings (SSSR count). The third-order valence-corrected chi connectivity index (χ3v) is 4.29. The third kappa shape index (κ3) is 1.86. The number of fused-ring (bicyclic) bond motifs is 1. The molecular weight excluding hydrogens is 252 g/mol. The molecule has 1 aliphatic rings. The van der Waals surface area contributed by atoms with Crippen LogP contribution in [-0.2, 0) is 16.9 Å². The number of anilines is 1. The Hall–Kier alpha value is -1.89. The molecule has 0 radical (unpaired) electrons. The topological polar surface area (TPSA) is 76.9 Å². The van der Waals surface area contributed by atoms with Gasteiger partial charge in [0.25, 0.3) is 0 Å². The Morgan fingerprint density at radius 3 is 3.00 bits per heavy atom. The Balaban J connectivity index is 1.94. The molecule has 2 aromatic rings. The molecular formula is C11H12N4O2S. The highest BCUT2D eigenvalue weighted by Gasteiger charge is 2.22. The van der Waals surface area contributed by atoms with Crippen molar-refractivity contribution in [1.82, 2.24) is 14.5 Å². The number of nitrogens with one attached hydrogen (secondary N) is 1. The third-order valence-electron chi connectivity index (χ3n) is 2.90. The minimum absolute atomic E-state index is 0.0674. The average molecular weight is 264 g/mol. The summed E-state index contributed by atoms with van der Waals surface area (Å²) in [7, 11) is -1.16. The molecule has 0 saturated carbocycles. The van der Waals surface area contributed by atoms with Gasteiger partial charge in [-0.3, -0.25) is 0 Å². The second kappa shape index (κ2) is 3.81. The lowest BCUT2D eigenvalue weighted by molar-refractivity contribution is 0.605. The minimum Gasteiger partial charge on any atom is -0.361 e. The molecule has 3 heterocycles. The SMILES string of the molecule is Cn1cnc2c(NC3C=CS(=O)(=O)C3)nccc21. The molecule has 0 aromatic carbocycles. The lowest BCUT2D eigenvalue weighted by atomic mass is 10.3. The van der Waals surface area contributed by atoms with Gasteiger partial charge in [0, 0.05) is 18.7 Å². The van der Waals surface area contributed by atoms with E-state index in [0.29, 0.717) is 5.82 Å². The van der Waals surface area contributed by atoms with Gasteiger partial charge < -0.3 is 9.88 Å². The van der Waals surface area contributed by atoms with Gasteiger partial charge in [-0.2, -0.15) is 0 Å². The summed E-state index contributed by atoms with van der Waals surface area (Å²) in [6.07, 6.45) is 5.02. The highest BCUT2D eigenvalue weighted by Crippen LogP contribution is 2.21. The van der Waals surface area contributed by atoms with E-state index in [2.05, 4.69) is 15.3 Å². The monoisotopic (exact) mass is 264 g/mol. The summed E-state index contributed by atoms with van der Waals surface area (Å²) >= 11 is 0. The fraction of sp³-hybridized carbons (Fsp3) is 0.273. The van der Waals surface area contributed by atoms with E-state index in [0.717, 1.165) is 11.0 Å². The first-order chi connectivity index (χ1) is 8.55. The van der Waals surface area contributed by atoms with E-state index < -0.39 is 9.84 Å². The Bertz CT molecular complexity index is 733. The molecule has 7 heteroatoms. The highest BCUT2D eigenvalue weighted by molar-refractivity contribution is 7.94. The summed E-state index contributed by atoms with van der Waals surface area (Å²) in [5, 5.41) is 4.34. The van der Waals surface area contributed by atoms with Crippen molar-refractivity contribution in [2.45, 2.75) is 6.04 Å². The molecule has 0 bridgehead atoms. The number of pyridine rings is 1. The molecule has 94 valence electrons. The van der Waals surface area contributed by atoms with Crippen molar-refractivity contribution in [2.24, 2.45) is 7.05 Å². The van der Waals surface area contributed by atoms with Crippen LogP contribution in [0.2, 0.25) is 0 Å². The van der Waals surface area contributed by atoms with E-state index in [9.17, 15) is 8.42 Å². The predicted molar refractivity (Wildman–Crippen MR) is 68.8 cm³/mol. The second-order valence-electron chi connectivity index (χ2n) is 4.29. The van der Waals surface area contributed by atoms with Crippen LogP contribution >= 0.6 is 0 Å². The van der Waals surface area contributed by atoms with Crippen LogP contribution in [0.25, 0.3) is 11.0 Å². The van der Waals surface area contributed by atoms with Crippen LogP contribution in [0.4, 0.5) is 5.82 Å². The van der Waals surface area contributed by atoms with Gasteiger partial charge in [0.1, 0.15) is 5.52 Å². The zero-order valence-electron chi connectivity index (χ0n) is 9.74. The molecule has 1 unspecified atom stereocenters. The van der Waals surface area contributed by atoms with Crippen molar-refractivity contribution in [1.29, 1.82) is 0 Å². The Morgan fingerprint density at radius 2 is 2.28 bits per heavy atom. The summed E-state index contributed by atoms with van der Waals surface area (Å²) in [4.78, 5) is 8.48. The number of rotatable bonds is 2. The van der Waals surface area contributed by atoms with Gasteiger partial charge in [-0.25, -0.2) is 18.4 Å². The van der Waals surface area contributed by atoms with Crippen molar-refractivity contribution < 1.29 is 8.42 Å². The van der Waals surface area contributed by atoms with Crippen LogP contribution in [0, 0.1) is 0 Å². The van der Waals surface area contributed by atoms with E-state index in [1.54, 1.807) is 18.6 Å². The van der Waals surface area contributed by atoms with Crippen LogP contribution in [0.3, 0.4) is 0 Å². The molecule has 1 atom stereocenters. The maximum atomic E-state index is 11.3. The van der Waals surface area contributed by atoms with E-state index in [4.69, 9.17) is 0 Å². The van der Waals surface area contributed by atoms with Crippen molar-refractivity contribution in [3.63, 3.8) is 0 Å². The molecule has 1 aliphatic heterocycles. The number of aromatic nitrogens is 3. The largest absolute Gasteiger partial charge is 0.361 e. The summed E-state index contributed by atoms with van der Waals surface area (Å²) in [6, 6.07) is 1.63. The van der Waals surface area contributed by atoms with E-state index in [-0.39, 0.29) is 11.8 Å². The molecule has 2 aromatic heterocycles. The molecule has 6 nitrogen and oxygen atoms in total. The standard InChI is InChI=1S/C11H12N4O2S/c1-15-7-13-10-9(15)2-4-12-11(10)14-8-3-5-18(16,17)6-8/h2-5,7-8H,6H2,1H3,(H,12,14). The van der Waals surface area contributed by atoms with Crippen LogP contribution in [0.1, 0.15) is 0 Å². The van der Waals surface area contributed by atoms with Gasteiger partial charge in [-0.1, -0.05) is 0 Å². The smallest absolute Gasteiger partial charge is 0.173 e. The Labute approximate surface area is 104 Å². The van der Waals surface area contributed by atoms with Crippen LogP contribution < -0.4 is 5.32 Å². The second-order valence-corrected chi connectivity index (χ2v) is 6.22. The van der Waals surface area contributed by atoms with Crippen LogP contribution in [-0.4, -0.2) is 34.7 Å². The van der Waals surface area contributed by atoms with Gasteiger partial charge in [-0.15, -0.1) is 0 Å². The maximum Gasteiger partial charge on any atom is 0.173 e. The Morgan fingerprint density at radius 1 is 1.44 bits per heavy atom.